The highest BCUT2D eigenvalue weighted by Gasteiger charge is 2.21. The van der Waals surface area contributed by atoms with Crippen LogP contribution in [0.5, 0.6) is 0 Å². The average Bonchev–Trinajstić information content (AvgIpc) is 4.35. The number of aromatic nitrogens is 4. The SMILES string of the molecule is [2H]c1cc([2H])c([2H])c(-c2c([2H])c([2H])c3c(c2[2H])c2cccc([2H])c2n3-c2c([2H])c([2H])c3oc4c([2H])c([2H])c([2H])c(-c5nc(-c6ccccc6)nc(-c6cc(-c7ccccc7)c7c(c6)sc6ccccc67)n5)c4c3c2[2H])c1[2H]. The van der Waals surface area contributed by atoms with Gasteiger partial charge in [0.15, 0.2) is 17.5 Å². The third-order valence-corrected chi connectivity index (χ3v) is 12.2. The predicted molar refractivity (Wildman–Crippen MR) is 262 cm³/mol. The van der Waals surface area contributed by atoms with Crippen molar-refractivity contribution in [2.45, 2.75) is 0 Å². The zero-order valence-corrected chi connectivity index (χ0v) is 33.5. The van der Waals surface area contributed by atoms with Gasteiger partial charge in [-0.3, -0.25) is 0 Å². The number of furan rings is 1. The Morgan fingerprint density at radius 3 is 2.02 bits per heavy atom. The molecule has 0 amide bonds. The van der Waals surface area contributed by atoms with Crippen molar-refractivity contribution in [1.82, 2.24) is 19.5 Å². The highest BCUT2D eigenvalue weighted by molar-refractivity contribution is 7.26. The summed E-state index contributed by atoms with van der Waals surface area (Å²) in [5.74, 6) is 0.271. The maximum atomic E-state index is 10.2. The lowest BCUT2D eigenvalue weighted by molar-refractivity contribution is 0.669. The zero-order chi connectivity index (χ0) is 53.6. The average molecular weight is 837 g/mol. The number of para-hydroxylation sites is 1. The second kappa shape index (κ2) is 14.2. The van der Waals surface area contributed by atoms with Crippen molar-refractivity contribution < 1.29 is 23.6 Å². The molecule has 4 heterocycles. The van der Waals surface area contributed by atoms with Gasteiger partial charge in [-0.2, -0.15) is 0 Å². The standard InChI is InChI=1S/C57H34N4OS/c1-4-15-35(16-5-1)38-27-29-48-45(31-38)41-21-10-12-24-47(41)61(48)40-28-30-49-46(34-40)53-43(23-14-25-50(53)62-49)57-59-55(37-19-8-3-9-20-37)58-56(60-57)39-32-44(36-17-6-2-7-18-36)54-42-22-11-13-26-51(42)63-52(54)33-39/h1-34H/i4D,5D,14D,15D,16D,23D,24D,25D,27D,28D,29D,30D,31D,34D. The first-order valence-electron chi connectivity index (χ1n) is 27.0. The van der Waals surface area contributed by atoms with Gasteiger partial charge in [0, 0.05) is 64.1 Å². The van der Waals surface area contributed by atoms with Crippen LogP contribution in [0.4, 0.5) is 0 Å². The summed E-state index contributed by atoms with van der Waals surface area (Å²) >= 11 is 1.61. The number of benzene rings is 9. The zero-order valence-electron chi connectivity index (χ0n) is 46.7. The molecule has 0 spiro atoms. The maximum absolute atomic E-state index is 10.2. The quantitative estimate of drug-likeness (QED) is 0.167. The summed E-state index contributed by atoms with van der Waals surface area (Å²) in [6.45, 7) is 0. The van der Waals surface area contributed by atoms with Crippen LogP contribution in [0.3, 0.4) is 0 Å². The lowest BCUT2D eigenvalue weighted by Crippen LogP contribution is -2.00. The Morgan fingerprint density at radius 2 is 1.16 bits per heavy atom. The first-order valence-corrected chi connectivity index (χ1v) is 20.8. The minimum Gasteiger partial charge on any atom is -0.456 e. The molecule has 6 heteroatoms. The molecule has 0 aliphatic rings. The predicted octanol–water partition coefficient (Wildman–Crippen LogP) is 15.6. The number of rotatable bonds is 6. The normalized spacial score (nSPS) is 14.9. The van der Waals surface area contributed by atoms with Crippen LogP contribution in [0.15, 0.2) is 210 Å². The fourth-order valence-corrected chi connectivity index (χ4v) is 9.50. The van der Waals surface area contributed by atoms with E-state index in [9.17, 15) is 12.3 Å². The molecule has 0 atom stereocenters. The minimum absolute atomic E-state index is 0.0154. The smallest absolute Gasteiger partial charge is 0.164 e. The molecule has 0 unspecified atom stereocenters. The third kappa shape index (κ3) is 5.80. The van der Waals surface area contributed by atoms with Gasteiger partial charge in [0.05, 0.1) is 30.2 Å². The van der Waals surface area contributed by atoms with Gasteiger partial charge in [0.25, 0.3) is 0 Å². The molecule has 0 radical (unpaired) electrons. The van der Waals surface area contributed by atoms with Crippen LogP contribution in [0, 0.1) is 0 Å². The van der Waals surface area contributed by atoms with Crippen molar-refractivity contribution in [2.75, 3.05) is 0 Å². The molecule has 0 fully saturated rings. The van der Waals surface area contributed by atoms with Gasteiger partial charge < -0.3 is 8.98 Å². The van der Waals surface area contributed by atoms with Crippen molar-refractivity contribution in [3.8, 4) is 62.1 Å². The van der Waals surface area contributed by atoms with Crippen LogP contribution < -0.4 is 0 Å². The van der Waals surface area contributed by atoms with E-state index in [1.807, 2.05) is 84.9 Å². The highest BCUT2D eigenvalue weighted by atomic mass is 32.1. The van der Waals surface area contributed by atoms with E-state index in [1.54, 1.807) is 17.4 Å². The van der Waals surface area contributed by atoms with Crippen molar-refractivity contribution in [1.29, 1.82) is 0 Å². The first-order chi connectivity index (χ1) is 37.0. The monoisotopic (exact) mass is 836 g/mol. The van der Waals surface area contributed by atoms with Crippen molar-refractivity contribution >= 4 is 75.3 Å². The molecule has 0 bridgehead atoms. The molecular formula is C57H34N4OS. The van der Waals surface area contributed by atoms with Crippen molar-refractivity contribution in [3.05, 3.63) is 206 Å². The molecule has 0 aliphatic heterocycles. The topological polar surface area (TPSA) is 56.7 Å². The third-order valence-electron chi connectivity index (χ3n) is 11.1. The second-order valence-electron chi connectivity index (χ2n) is 14.8. The van der Waals surface area contributed by atoms with Crippen LogP contribution in [-0.4, -0.2) is 19.5 Å². The van der Waals surface area contributed by atoms with Gasteiger partial charge in [-0.1, -0.05) is 145 Å². The molecule has 13 aromatic rings. The Morgan fingerprint density at radius 1 is 0.429 bits per heavy atom. The first kappa shape index (κ1) is 24.3. The van der Waals surface area contributed by atoms with Gasteiger partial charge in [-0.15, -0.1) is 11.3 Å². The molecule has 63 heavy (non-hydrogen) atoms. The van der Waals surface area contributed by atoms with E-state index in [4.69, 9.17) is 26.2 Å². The Balaban J connectivity index is 1.13. The van der Waals surface area contributed by atoms with Crippen molar-refractivity contribution in [2.24, 2.45) is 0 Å². The Hall–Kier alpha value is -8.19. The van der Waals surface area contributed by atoms with Crippen LogP contribution in [0.1, 0.15) is 19.2 Å². The Kier molecular flexibility index (Phi) is 5.48. The maximum Gasteiger partial charge on any atom is 0.164 e. The molecule has 4 aromatic heterocycles. The van der Waals surface area contributed by atoms with E-state index in [0.29, 0.717) is 11.1 Å². The summed E-state index contributed by atoms with van der Waals surface area (Å²) in [6.07, 6.45) is 0. The number of fused-ring (bicyclic) bond motifs is 9. The highest BCUT2D eigenvalue weighted by Crippen LogP contribution is 2.44. The molecule has 0 aliphatic carbocycles. The fourth-order valence-electron chi connectivity index (χ4n) is 8.33. The van der Waals surface area contributed by atoms with Crippen LogP contribution >= 0.6 is 11.3 Å². The van der Waals surface area contributed by atoms with Crippen LogP contribution in [0.25, 0.3) is 126 Å². The molecule has 13 rings (SSSR count). The van der Waals surface area contributed by atoms with Gasteiger partial charge in [-0.05, 0) is 82.7 Å². The van der Waals surface area contributed by atoms with E-state index >= 15 is 0 Å². The molecule has 0 saturated heterocycles. The summed E-state index contributed by atoms with van der Waals surface area (Å²) in [5.41, 5.74) is 0.947. The summed E-state index contributed by atoms with van der Waals surface area (Å²) in [7, 11) is 0. The van der Waals surface area contributed by atoms with Crippen LogP contribution in [0.2, 0.25) is 0 Å². The Labute approximate surface area is 385 Å². The number of thiophene rings is 1. The van der Waals surface area contributed by atoms with Crippen LogP contribution in [-0.2, 0) is 0 Å². The molecular weight excluding hydrogens is 789 g/mol. The minimum atomic E-state index is -0.658. The Bertz CT molecular complexity index is 4730. The van der Waals surface area contributed by atoms with E-state index in [1.165, 1.54) is 16.7 Å². The fraction of sp³-hybridized carbons (Fsp3) is 0. The van der Waals surface area contributed by atoms with E-state index in [0.717, 1.165) is 37.4 Å². The summed E-state index contributed by atoms with van der Waals surface area (Å²) < 4.78 is 139. The number of nitrogens with zero attached hydrogens (tertiary/aromatic N) is 4. The largest absolute Gasteiger partial charge is 0.456 e. The summed E-state index contributed by atoms with van der Waals surface area (Å²) in [5, 5.41) is 1.96. The second-order valence-corrected chi connectivity index (χ2v) is 15.9. The lowest BCUT2D eigenvalue weighted by Gasteiger charge is -2.12. The number of hydrogen-bond acceptors (Lipinski definition) is 5. The number of hydrogen-bond donors (Lipinski definition) is 0. The molecule has 0 N–H and O–H groups in total. The summed E-state index contributed by atoms with van der Waals surface area (Å²) in [6, 6.07) is 29.5. The van der Waals surface area contributed by atoms with E-state index in [2.05, 4.69) is 12.1 Å². The van der Waals surface area contributed by atoms with Gasteiger partial charge in [0.1, 0.15) is 11.2 Å². The van der Waals surface area contributed by atoms with Gasteiger partial charge >= 0.3 is 0 Å². The molecule has 5 nitrogen and oxygen atoms in total. The summed E-state index contributed by atoms with van der Waals surface area (Å²) in [4.78, 5) is 15.1. The van der Waals surface area contributed by atoms with Crippen molar-refractivity contribution in [3.63, 3.8) is 0 Å². The molecule has 9 aromatic carbocycles. The lowest BCUT2D eigenvalue weighted by atomic mass is 9.97. The molecule has 0 saturated carbocycles. The molecule has 294 valence electrons. The van der Waals surface area contributed by atoms with E-state index in [-0.39, 0.29) is 89.6 Å². The van der Waals surface area contributed by atoms with E-state index < -0.39 is 78.6 Å². The van der Waals surface area contributed by atoms with Gasteiger partial charge in [0.2, 0.25) is 0 Å². The van der Waals surface area contributed by atoms with Gasteiger partial charge in [-0.25, -0.2) is 15.0 Å².